The van der Waals surface area contributed by atoms with Gasteiger partial charge in [-0.15, -0.1) is 0 Å². The number of benzene rings is 1. The van der Waals surface area contributed by atoms with E-state index in [0.717, 1.165) is 0 Å². The Morgan fingerprint density at radius 3 is 2.82 bits per heavy atom. The van der Waals surface area contributed by atoms with Crippen LogP contribution in [0.5, 0.6) is 0 Å². The number of hydrogen-bond donors (Lipinski definition) is 3. The molecular formula is C11H14N4O2. The highest BCUT2D eigenvalue weighted by Gasteiger charge is 2.20. The maximum Gasteiger partial charge on any atom is 0.250 e. The normalized spacial score (nSPS) is 15.5. The number of hydrogen-bond acceptors (Lipinski definition) is 4. The maximum atomic E-state index is 11.3. The molecule has 1 aromatic rings. The van der Waals surface area contributed by atoms with Crippen LogP contribution in [0, 0.1) is 0 Å². The summed E-state index contributed by atoms with van der Waals surface area (Å²) in [4.78, 5) is 24.3. The number of rotatable bonds is 2. The van der Waals surface area contributed by atoms with Crippen molar-refractivity contribution in [3.05, 3.63) is 23.8 Å². The molecule has 6 nitrogen and oxygen atoms in total. The molecule has 0 atom stereocenters. The molecule has 1 aromatic carbocycles. The van der Waals surface area contributed by atoms with Gasteiger partial charge in [0.2, 0.25) is 5.91 Å². The van der Waals surface area contributed by atoms with Crippen LogP contribution in [0.1, 0.15) is 10.4 Å². The third-order valence-electron chi connectivity index (χ3n) is 2.73. The van der Waals surface area contributed by atoms with Crippen molar-refractivity contribution in [3.8, 4) is 0 Å². The standard InChI is InChI=1S/C11H14N4O2/c12-10-7(11(13)17)2-1-3-8(10)15-5-4-14-9(16)6-15/h1-3H,4-6,12H2,(H2,13,17)(H,14,16). The van der Waals surface area contributed by atoms with Gasteiger partial charge in [-0.1, -0.05) is 6.07 Å². The maximum absolute atomic E-state index is 11.3. The molecule has 2 rings (SSSR count). The third-order valence-corrected chi connectivity index (χ3v) is 2.73. The predicted octanol–water partition coefficient (Wildman–Crippen LogP) is -0.696. The van der Waals surface area contributed by atoms with Gasteiger partial charge in [0.25, 0.3) is 5.91 Å². The van der Waals surface area contributed by atoms with Gasteiger partial charge in [0.15, 0.2) is 0 Å². The fraction of sp³-hybridized carbons (Fsp3) is 0.273. The highest BCUT2D eigenvalue weighted by atomic mass is 16.2. The summed E-state index contributed by atoms with van der Waals surface area (Å²) in [6.45, 7) is 1.48. The van der Waals surface area contributed by atoms with E-state index in [1.54, 1.807) is 18.2 Å². The number of nitrogens with zero attached hydrogens (tertiary/aromatic N) is 1. The average Bonchev–Trinajstić information content (AvgIpc) is 2.29. The summed E-state index contributed by atoms with van der Waals surface area (Å²) in [5.41, 5.74) is 12.4. The molecule has 0 unspecified atom stereocenters. The van der Waals surface area contributed by atoms with Crippen molar-refractivity contribution >= 4 is 23.2 Å². The minimum absolute atomic E-state index is 0.0554. The molecule has 1 aliphatic heterocycles. The van der Waals surface area contributed by atoms with Crippen LogP contribution in [-0.4, -0.2) is 31.4 Å². The zero-order valence-corrected chi connectivity index (χ0v) is 9.27. The fourth-order valence-corrected chi connectivity index (χ4v) is 1.89. The van der Waals surface area contributed by atoms with E-state index in [-0.39, 0.29) is 18.0 Å². The molecule has 1 heterocycles. The first-order chi connectivity index (χ1) is 8.09. The molecule has 1 aliphatic rings. The topological polar surface area (TPSA) is 101 Å². The van der Waals surface area contributed by atoms with Crippen molar-refractivity contribution in [1.29, 1.82) is 0 Å². The summed E-state index contributed by atoms with van der Waals surface area (Å²) < 4.78 is 0. The zero-order valence-electron chi connectivity index (χ0n) is 9.27. The number of primary amides is 1. The molecule has 0 aromatic heterocycles. The van der Waals surface area contributed by atoms with Crippen molar-refractivity contribution in [3.63, 3.8) is 0 Å². The van der Waals surface area contributed by atoms with Crippen LogP contribution in [0.25, 0.3) is 0 Å². The summed E-state index contributed by atoms with van der Waals surface area (Å²) in [5.74, 6) is -0.620. The number of carbonyl (C=O) groups excluding carboxylic acids is 2. The van der Waals surface area contributed by atoms with Crippen molar-refractivity contribution in [2.45, 2.75) is 0 Å². The largest absolute Gasteiger partial charge is 0.396 e. The molecular weight excluding hydrogens is 220 g/mol. The fourth-order valence-electron chi connectivity index (χ4n) is 1.89. The summed E-state index contributed by atoms with van der Waals surface area (Å²) >= 11 is 0. The van der Waals surface area contributed by atoms with Crippen molar-refractivity contribution in [2.24, 2.45) is 5.73 Å². The van der Waals surface area contributed by atoms with Crippen LogP contribution in [0.4, 0.5) is 11.4 Å². The second-order valence-electron chi connectivity index (χ2n) is 3.87. The molecule has 17 heavy (non-hydrogen) atoms. The number of nitrogens with one attached hydrogen (secondary N) is 1. The van der Waals surface area contributed by atoms with Crippen molar-refractivity contribution < 1.29 is 9.59 Å². The molecule has 90 valence electrons. The molecule has 0 radical (unpaired) electrons. The number of amides is 2. The average molecular weight is 234 g/mol. The Bertz CT molecular complexity index is 473. The summed E-state index contributed by atoms with van der Waals surface area (Å²) in [6, 6.07) is 5.06. The van der Waals surface area contributed by atoms with E-state index in [9.17, 15) is 9.59 Å². The van der Waals surface area contributed by atoms with Gasteiger partial charge in [-0.3, -0.25) is 9.59 Å². The Morgan fingerprint density at radius 1 is 1.41 bits per heavy atom. The molecule has 0 saturated carbocycles. The highest BCUT2D eigenvalue weighted by molar-refractivity contribution is 6.01. The van der Waals surface area contributed by atoms with Gasteiger partial charge in [0.05, 0.1) is 23.5 Å². The van der Waals surface area contributed by atoms with E-state index in [1.807, 2.05) is 4.90 Å². The number of para-hydroxylation sites is 1. The first-order valence-electron chi connectivity index (χ1n) is 5.29. The molecule has 0 spiro atoms. The van der Waals surface area contributed by atoms with Crippen LogP contribution in [0.3, 0.4) is 0 Å². The SMILES string of the molecule is NC(=O)c1cccc(N2CCNC(=O)C2)c1N. The van der Waals surface area contributed by atoms with Gasteiger partial charge < -0.3 is 21.7 Å². The lowest BCUT2D eigenvalue weighted by Crippen LogP contribution is -2.48. The number of carbonyl (C=O) groups is 2. The lowest BCUT2D eigenvalue weighted by molar-refractivity contribution is -0.120. The van der Waals surface area contributed by atoms with Crippen molar-refractivity contribution in [1.82, 2.24) is 5.32 Å². The van der Waals surface area contributed by atoms with Gasteiger partial charge >= 0.3 is 0 Å². The molecule has 2 amide bonds. The Hall–Kier alpha value is -2.24. The first kappa shape index (κ1) is 11.3. The van der Waals surface area contributed by atoms with Crippen LogP contribution in [-0.2, 0) is 4.79 Å². The smallest absolute Gasteiger partial charge is 0.250 e. The number of nitrogens with two attached hydrogens (primary N) is 2. The number of nitrogen functional groups attached to an aromatic ring is 1. The van der Waals surface area contributed by atoms with E-state index in [0.29, 0.717) is 24.5 Å². The van der Waals surface area contributed by atoms with E-state index in [2.05, 4.69) is 5.32 Å². The van der Waals surface area contributed by atoms with E-state index in [4.69, 9.17) is 11.5 Å². The Balaban J connectivity index is 2.35. The molecule has 0 bridgehead atoms. The Morgan fingerprint density at radius 2 is 2.18 bits per heavy atom. The summed E-state index contributed by atoms with van der Waals surface area (Å²) in [6.07, 6.45) is 0. The summed E-state index contributed by atoms with van der Waals surface area (Å²) in [7, 11) is 0. The minimum atomic E-state index is -0.564. The minimum Gasteiger partial charge on any atom is -0.396 e. The van der Waals surface area contributed by atoms with Gasteiger partial charge in [0, 0.05) is 13.1 Å². The Labute approximate surface area is 98.6 Å². The van der Waals surface area contributed by atoms with Crippen LogP contribution in [0.15, 0.2) is 18.2 Å². The lowest BCUT2D eigenvalue weighted by Gasteiger charge is -2.29. The molecule has 5 N–H and O–H groups in total. The van der Waals surface area contributed by atoms with E-state index in [1.165, 1.54) is 0 Å². The Kier molecular flexibility index (Phi) is 2.86. The van der Waals surface area contributed by atoms with Crippen molar-refractivity contribution in [2.75, 3.05) is 30.3 Å². The quantitative estimate of drug-likeness (QED) is 0.589. The first-order valence-corrected chi connectivity index (χ1v) is 5.29. The van der Waals surface area contributed by atoms with Crippen LogP contribution in [0.2, 0.25) is 0 Å². The molecule has 0 aliphatic carbocycles. The highest BCUT2D eigenvalue weighted by Crippen LogP contribution is 2.26. The van der Waals surface area contributed by atoms with Gasteiger partial charge in [-0.2, -0.15) is 0 Å². The van der Waals surface area contributed by atoms with Crippen LogP contribution < -0.4 is 21.7 Å². The third kappa shape index (κ3) is 2.15. The molecule has 1 saturated heterocycles. The predicted molar refractivity (Wildman–Crippen MR) is 64.6 cm³/mol. The van der Waals surface area contributed by atoms with E-state index < -0.39 is 5.91 Å². The van der Waals surface area contributed by atoms with Crippen LogP contribution >= 0.6 is 0 Å². The lowest BCUT2D eigenvalue weighted by atomic mass is 10.1. The number of anilines is 2. The molecule has 6 heteroatoms. The second kappa shape index (κ2) is 4.32. The van der Waals surface area contributed by atoms with Gasteiger partial charge in [-0.25, -0.2) is 0 Å². The second-order valence-corrected chi connectivity index (χ2v) is 3.87. The monoisotopic (exact) mass is 234 g/mol. The summed E-state index contributed by atoms with van der Waals surface area (Å²) in [5, 5.41) is 2.73. The number of piperazine rings is 1. The van der Waals surface area contributed by atoms with E-state index >= 15 is 0 Å². The zero-order chi connectivity index (χ0) is 12.4. The van der Waals surface area contributed by atoms with Gasteiger partial charge in [0.1, 0.15) is 0 Å². The van der Waals surface area contributed by atoms with Gasteiger partial charge in [-0.05, 0) is 12.1 Å². The molecule has 1 fully saturated rings.